The summed E-state index contributed by atoms with van der Waals surface area (Å²) in [7, 11) is -3.65. The molecule has 2 aliphatic heterocycles. The van der Waals surface area contributed by atoms with E-state index in [9.17, 15) is 13.2 Å². The number of thiophene rings is 1. The third-order valence-corrected chi connectivity index (χ3v) is 9.83. The van der Waals surface area contributed by atoms with Crippen molar-refractivity contribution in [1.29, 1.82) is 0 Å². The van der Waals surface area contributed by atoms with Crippen molar-refractivity contribution >= 4 is 50.1 Å². The van der Waals surface area contributed by atoms with Crippen LogP contribution in [0.25, 0.3) is 11.0 Å². The maximum absolute atomic E-state index is 13.4. The first-order chi connectivity index (χ1) is 15.0. The van der Waals surface area contributed by atoms with Crippen molar-refractivity contribution < 1.29 is 13.2 Å². The Bertz CT molecular complexity index is 1160. The molecule has 4 heterocycles. The SMILES string of the molecule is O=C(c1sccc1S(=O)(=O)N1CCSCC1)N1CCCC(c2nc3ccccc3[nH]2)C1. The van der Waals surface area contributed by atoms with Crippen LogP contribution in [0.3, 0.4) is 0 Å². The van der Waals surface area contributed by atoms with Crippen LogP contribution in [-0.4, -0.2) is 71.2 Å². The summed E-state index contributed by atoms with van der Waals surface area (Å²) in [4.78, 5) is 23.7. The van der Waals surface area contributed by atoms with E-state index in [1.165, 1.54) is 15.6 Å². The summed E-state index contributed by atoms with van der Waals surface area (Å²) >= 11 is 2.97. The van der Waals surface area contributed by atoms with E-state index in [0.717, 1.165) is 41.2 Å². The number of carbonyl (C=O) groups is 1. The summed E-state index contributed by atoms with van der Waals surface area (Å²) in [5.74, 6) is 2.39. The minimum atomic E-state index is -3.65. The van der Waals surface area contributed by atoms with Gasteiger partial charge in [0.15, 0.2) is 0 Å². The summed E-state index contributed by atoms with van der Waals surface area (Å²) in [5.41, 5.74) is 1.92. The molecule has 2 fully saturated rings. The van der Waals surface area contributed by atoms with Crippen LogP contribution in [0.2, 0.25) is 0 Å². The Labute approximate surface area is 189 Å². The summed E-state index contributed by atoms with van der Waals surface area (Å²) in [6.07, 6.45) is 1.81. The topological polar surface area (TPSA) is 86.4 Å². The van der Waals surface area contributed by atoms with Crippen LogP contribution in [-0.2, 0) is 10.0 Å². The van der Waals surface area contributed by atoms with E-state index in [1.807, 2.05) is 24.3 Å². The van der Waals surface area contributed by atoms with Gasteiger partial charge in [0.2, 0.25) is 10.0 Å². The molecule has 0 spiro atoms. The molecule has 1 atom stereocenters. The summed E-state index contributed by atoms with van der Waals surface area (Å²) in [6.45, 7) is 2.16. The second kappa shape index (κ2) is 8.57. The van der Waals surface area contributed by atoms with E-state index >= 15 is 0 Å². The molecule has 2 aromatic heterocycles. The van der Waals surface area contributed by atoms with Gasteiger partial charge in [-0.2, -0.15) is 16.1 Å². The van der Waals surface area contributed by atoms with Gasteiger partial charge in [0.25, 0.3) is 5.91 Å². The second-order valence-electron chi connectivity index (χ2n) is 7.86. The normalized spacial score (nSPS) is 20.9. The Hall–Kier alpha value is -1.88. The number of amides is 1. The zero-order valence-corrected chi connectivity index (χ0v) is 19.4. The fourth-order valence-electron chi connectivity index (χ4n) is 4.28. The van der Waals surface area contributed by atoms with Gasteiger partial charge in [-0.05, 0) is 36.4 Å². The maximum atomic E-state index is 13.4. The molecule has 10 heteroatoms. The van der Waals surface area contributed by atoms with Crippen LogP contribution in [0.1, 0.15) is 34.3 Å². The van der Waals surface area contributed by atoms with Gasteiger partial charge in [0.05, 0.1) is 11.0 Å². The Balaban J connectivity index is 1.37. The van der Waals surface area contributed by atoms with E-state index in [-0.39, 0.29) is 16.7 Å². The number of imidazole rings is 1. The predicted octanol–water partition coefficient (Wildman–Crippen LogP) is 3.38. The minimum absolute atomic E-state index is 0.115. The number of aromatic nitrogens is 2. The number of aromatic amines is 1. The molecule has 5 rings (SSSR count). The number of nitrogens with zero attached hydrogens (tertiary/aromatic N) is 3. The molecule has 7 nitrogen and oxygen atoms in total. The van der Waals surface area contributed by atoms with Crippen LogP contribution in [0.4, 0.5) is 0 Å². The van der Waals surface area contributed by atoms with Gasteiger partial charge in [-0.3, -0.25) is 4.79 Å². The highest BCUT2D eigenvalue weighted by Gasteiger charge is 2.34. The molecule has 1 amide bonds. The van der Waals surface area contributed by atoms with Crippen molar-refractivity contribution in [3.05, 3.63) is 46.4 Å². The molecule has 2 saturated heterocycles. The first-order valence-corrected chi connectivity index (χ1v) is 13.9. The fraction of sp³-hybridized carbons (Fsp3) is 0.429. The Kier molecular flexibility index (Phi) is 5.80. The van der Waals surface area contributed by atoms with Gasteiger partial charge in [0, 0.05) is 43.6 Å². The number of piperidine rings is 1. The van der Waals surface area contributed by atoms with Gasteiger partial charge < -0.3 is 9.88 Å². The first-order valence-electron chi connectivity index (χ1n) is 10.4. The third-order valence-electron chi connectivity index (χ3n) is 5.91. The quantitative estimate of drug-likeness (QED) is 0.624. The van der Waals surface area contributed by atoms with Crippen molar-refractivity contribution in [2.24, 2.45) is 0 Å². The standard InChI is InChI=1S/C21H24N4O3S3/c26-21(19-18(7-11-30-19)31(27,28)25-9-12-29-13-10-25)24-8-3-4-15(14-24)20-22-16-5-1-2-6-17(16)23-20/h1-2,5-7,11,15H,3-4,8-10,12-14H2,(H,22,23). The highest BCUT2D eigenvalue weighted by molar-refractivity contribution is 7.99. The highest BCUT2D eigenvalue weighted by atomic mass is 32.2. The lowest BCUT2D eigenvalue weighted by molar-refractivity contribution is 0.0706. The number of carbonyl (C=O) groups excluding carboxylic acids is 1. The zero-order valence-electron chi connectivity index (χ0n) is 17.0. The van der Waals surface area contributed by atoms with E-state index < -0.39 is 10.0 Å². The Morgan fingerprint density at radius 2 is 1.94 bits per heavy atom. The summed E-state index contributed by atoms with van der Waals surface area (Å²) in [5, 5.41) is 1.71. The lowest BCUT2D eigenvalue weighted by atomic mass is 9.97. The molecule has 1 aromatic carbocycles. The number of benzene rings is 1. The van der Waals surface area contributed by atoms with Crippen molar-refractivity contribution in [2.45, 2.75) is 23.7 Å². The molecule has 1 N–H and O–H groups in total. The number of fused-ring (bicyclic) bond motifs is 1. The largest absolute Gasteiger partial charge is 0.342 e. The molecule has 164 valence electrons. The van der Waals surface area contributed by atoms with Gasteiger partial charge >= 0.3 is 0 Å². The number of sulfonamides is 1. The molecular weight excluding hydrogens is 452 g/mol. The van der Waals surface area contributed by atoms with Crippen molar-refractivity contribution in [1.82, 2.24) is 19.2 Å². The number of rotatable bonds is 4. The number of para-hydroxylation sites is 2. The minimum Gasteiger partial charge on any atom is -0.342 e. The van der Waals surface area contributed by atoms with Gasteiger partial charge in [-0.15, -0.1) is 11.3 Å². The molecule has 31 heavy (non-hydrogen) atoms. The molecule has 0 radical (unpaired) electrons. The third kappa shape index (κ3) is 4.02. The number of hydrogen-bond acceptors (Lipinski definition) is 6. The Morgan fingerprint density at radius 1 is 1.13 bits per heavy atom. The lowest BCUT2D eigenvalue weighted by Gasteiger charge is -2.32. The van der Waals surface area contributed by atoms with E-state index in [2.05, 4.69) is 4.98 Å². The summed E-state index contributed by atoms with van der Waals surface area (Å²) < 4.78 is 27.9. The highest BCUT2D eigenvalue weighted by Crippen LogP contribution is 2.32. The van der Waals surface area contributed by atoms with E-state index in [4.69, 9.17) is 4.98 Å². The Morgan fingerprint density at radius 3 is 2.74 bits per heavy atom. The number of H-pyrrole nitrogens is 1. The molecular formula is C21H24N4O3S3. The molecule has 0 aliphatic carbocycles. The summed E-state index contributed by atoms with van der Waals surface area (Å²) in [6, 6.07) is 9.49. The lowest BCUT2D eigenvalue weighted by Crippen LogP contribution is -2.41. The first kappa shape index (κ1) is 21.0. The van der Waals surface area contributed by atoms with Crippen molar-refractivity contribution in [3.63, 3.8) is 0 Å². The molecule has 0 saturated carbocycles. The number of likely N-dealkylation sites (tertiary alicyclic amines) is 1. The van der Waals surface area contributed by atoms with Crippen molar-refractivity contribution in [2.75, 3.05) is 37.7 Å². The maximum Gasteiger partial charge on any atom is 0.265 e. The molecule has 0 bridgehead atoms. The van der Waals surface area contributed by atoms with Crippen molar-refractivity contribution in [3.8, 4) is 0 Å². The van der Waals surface area contributed by atoms with Gasteiger partial charge in [-0.25, -0.2) is 13.4 Å². The molecule has 2 aliphatic rings. The number of nitrogens with one attached hydrogen (secondary N) is 1. The number of hydrogen-bond donors (Lipinski definition) is 1. The van der Waals surface area contributed by atoms with Crippen LogP contribution in [0.5, 0.6) is 0 Å². The van der Waals surface area contributed by atoms with Gasteiger partial charge in [0.1, 0.15) is 15.6 Å². The average molecular weight is 477 g/mol. The smallest absolute Gasteiger partial charge is 0.265 e. The van der Waals surface area contributed by atoms with E-state index in [1.54, 1.807) is 28.1 Å². The van der Waals surface area contributed by atoms with E-state index in [0.29, 0.717) is 31.1 Å². The van der Waals surface area contributed by atoms with Crippen LogP contribution >= 0.6 is 23.1 Å². The predicted molar refractivity (Wildman–Crippen MR) is 124 cm³/mol. The average Bonchev–Trinajstić information content (AvgIpc) is 3.47. The zero-order chi connectivity index (χ0) is 21.4. The van der Waals surface area contributed by atoms with Crippen LogP contribution in [0, 0.1) is 0 Å². The second-order valence-corrected chi connectivity index (χ2v) is 11.9. The van der Waals surface area contributed by atoms with Crippen LogP contribution < -0.4 is 0 Å². The fourth-order valence-corrected chi connectivity index (χ4v) is 8.21. The number of thioether (sulfide) groups is 1. The van der Waals surface area contributed by atoms with Gasteiger partial charge in [-0.1, -0.05) is 12.1 Å². The molecule has 1 unspecified atom stereocenters. The molecule has 3 aromatic rings. The van der Waals surface area contributed by atoms with Crippen LogP contribution in [0.15, 0.2) is 40.6 Å². The monoisotopic (exact) mass is 476 g/mol.